The van der Waals surface area contributed by atoms with E-state index in [0.717, 1.165) is 21.9 Å². The quantitative estimate of drug-likeness (QED) is 0.397. The molecule has 1 aliphatic rings. The highest BCUT2D eigenvalue weighted by atomic mass is 31.2. The number of phosphoric ester groups is 1. The molecule has 0 bridgehead atoms. The molecule has 30 heavy (non-hydrogen) atoms. The van der Waals surface area contributed by atoms with E-state index < -0.39 is 39.1 Å². The molecule has 1 unspecified atom stereocenters. The molecule has 0 fully saturated rings. The van der Waals surface area contributed by atoms with Crippen LogP contribution in [0.25, 0.3) is 11.6 Å². The maximum atomic E-state index is 13.0. The van der Waals surface area contributed by atoms with Crippen molar-refractivity contribution in [1.29, 1.82) is 0 Å². The lowest BCUT2D eigenvalue weighted by Crippen LogP contribution is -2.36. The average molecular weight is 436 g/mol. The van der Waals surface area contributed by atoms with E-state index in [2.05, 4.69) is 9.51 Å². The fourth-order valence-electron chi connectivity index (χ4n) is 3.07. The number of rotatable bonds is 6. The van der Waals surface area contributed by atoms with E-state index in [-0.39, 0.29) is 0 Å². The van der Waals surface area contributed by atoms with Gasteiger partial charge in [-0.1, -0.05) is 18.2 Å². The van der Waals surface area contributed by atoms with Gasteiger partial charge in [-0.3, -0.25) is 9.32 Å². The van der Waals surface area contributed by atoms with Crippen LogP contribution in [-0.2, 0) is 18.6 Å². The van der Waals surface area contributed by atoms with Gasteiger partial charge in [0, 0.05) is 17.0 Å². The van der Waals surface area contributed by atoms with Crippen LogP contribution >= 0.6 is 7.82 Å². The number of aliphatic hydroxyl groups is 1. The Balaban J connectivity index is 1.79. The number of anilines is 1. The molecule has 10 nitrogen and oxygen atoms in total. The number of fused-ring (bicyclic) bond motifs is 1. The Bertz CT molecular complexity index is 1050. The summed E-state index contributed by atoms with van der Waals surface area (Å²) < 4.78 is 19.8. The molecule has 0 saturated carbocycles. The van der Waals surface area contributed by atoms with Crippen LogP contribution in [0.1, 0.15) is 22.5 Å². The number of carbonyl (C=O) groups excluding carboxylic acids is 2. The molecule has 0 spiro atoms. The Morgan fingerprint density at radius 1 is 1.27 bits per heavy atom. The molecule has 3 rings (SSSR count). The Hall–Kier alpha value is -2.75. The zero-order chi connectivity index (χ0) is 22.1. The molecule has 1 aromatic heterocycles. The monoisotopic (exact) mass is 436 g/mol. The number of aromatic amines is 1. The lowest BCUT2D eigenvalue weighted by Gasteiger charge is -2.17. The van der Waals surface area contributed by atoms with E-state index in [9.17, 15) is 19.3 Å². The van der Waals surface area contributed by atoms with Crippen molar-refractivity contribution in [2.75, 3.05) is 18.1 Å². The van der Waals surface area contributed by atoms with E-state index >= 15 is 0 Å². The molecule has 1 atom stereocenters. The van der Waals surface area contributed by atoms with E-state index in [0.29, 0.717) is 16.8 Å². The van der Waals surface area contributed by atoms with Crippen LogP contribution in [-0.4, -0.2) is 51.2 Å². The number of aromatic nitrogens is 1. The largest absolute Gasteiger partial charge is 0.469 e. The first-order chi connectivity index (χ1) is 14.1. The van der Waals surface area contributed by atoms with Crippen LogP contribution < -0.4 is 4.90 Å². The van der Waals surface area contributed by atoms with Gasteiger partial charge in [0.25, 0.3) is 5.91 Å². The zero-order valence-corrected chi connectivity index (χ0v) is 17.1. The zero-order valence-electron chi connectivity index (χ0n) is 16.2. The molecule has 0 aliphatic carbocycles. The number of para-hydroxylation sites is 1. The molecule has 1 aromatic carbocycles. The van der Waals surface area contributed by atoms with Crippen molar-refractivity contribution in [3.05, 3.63) is 52.8 Å². The predicted octanol–water partition coefficient (Wildman–Crippen LogP) is 2.13. The average Bonchev–Trinajstić information content (AvgIpc) is 3.13. The smallest absolute Gasteiger partial charge is 0.446 e. The van der Waals surface area contributed by atoms with E-state index in [1.807, 2.05) is 19.9 Å². The van der Waals surface area contributed by atoms with Crippen LogP contribution in [0.4, 0.5) is 10.5 Å². The molecule has 0 saturated heterocycles. The second-order valence-electron chi connectivity index (χ2n) is 6.78. The number of aliphatic hydroxyl groups excluding tert-OH is 1. The molecule has 2 amide bonds. The van der Waals surface area contributed by atoms with Crippen molar-refractivity contribution in [2.45, 2.75) is 20.0 Å². The van der Waals surface area contributed by atoms with E-state index in [4.69, 9.17) is 14.5 Å². The fourth-order valence-corrected chi connectivity index (χ4v) is 3.44. The number of hydrogen-bond donors (Lipinski definition) is 4. The van der Waals surface area contributed by atoms with Crippen molar-refractivity contribution < 1.29 is 38.3 Å². The highest BCUT2D eigenvalue weighted by molar-refractivity contribution is 7.46. The summed E-state index contributed by atoms with van der Waals surface area (Å²) >= 11 is 0. The first-order valence-corrected chi connectivity index (χ1v) is 10.5. The molecule has 2 heterocycles. The highest BCUT2D eigenvalue weighted by Gasteiger charge is 2.38. The van der Waals surface area contributed by atoms with Gasteiger partial charge >= 0.3 is 13.9 Å². The number of ether oxygens (including phenoxy) is 1. The number of benzene rings is 1. The van der Waals surface area contributed by atoms with Gasteiger partial charge in [-0.2, -0.15) is 0 Å². The van der Waals surface area contributed by atoms with Gasteiger partial charge in [-0.25, -0.2) is 14.3 Å². The summed E-state index contributed by atoms with van der Waals surface area (Å²) in [6.07, 6.45) is -0.834. The lowest BCUT2D eigenvalue weighted by molar-refractivity contribution is -0.112. The van der Waals surface area contributed by atoms with E-state index in [1.165, 1.54) is 0 Å². The van der Waals surface area contributed by atoms with Crippen LogP contribution in [0.3, 0.4) is 0 Å². The topological polar surface area (TPSA) is 149 Å². The number of hydrogen-bond acceptors (Lipinski definition) is 6. The minimum atomic E-state index is -4.76. The SMILES string of the molecule is Cc1cc(C)c(C=C2C(=O)N(C(=O)OCC(O)COP(=O)(O)O)c3ccccc32)[nH]1. The molecule has 1 aliphatic heterocycles. The number of nitrogens with one attached hydrogen (secondary N) is 1. The minimum Gasteiger partial charge on any atom is -0.446 e. The number of H-pyrrole nitrogens is 1. The maximum Gasteiger partial charge on any atom is 0.469 e. The van der Waals surface area contributed by atoms with Gasteiger partial charge < -0.3 is 24.6 Å². The Labute approximate surface area is 172 Å². The number of imide groups is 1. The van der Waals surface area contributed by atoms with Crippen molar-refractivity contribution in [3.63, 3.8) is 0 Å². The summed E-state index contributed by atoms with van der Waals surface area (Å²) in [5.74, 6) is -0.589. The first-order valence-electron chi connectivity index (χ1n) is 8.93. The van der Waals surface area contributed by atoms with Crippen LogP contribution in [0.15, 0.2) is 30.3 Å². The van der Waals surface area contributed by atoms with Gasteiger partial charge in [0.2, 0.25) is 0 Å². The molecule has 2 aromatic rings. The summed E-state index contributed by atoms with van der Waals surface area (Å²) in [5, 5.41) is 9.68. The van der Waals surface area contributed by atoms with Crippen molar-refractivity contribution in [2.24, 2.45) is 0 Å². The number of carbonyl (C=O) groups is 2. The Morgan fingerprint density at radius 2 is 1.97 bits per heavy atom. The lowest BCUT2D eigenvalue weighted by atomic mass is 10.1. The van der Waals surface area contributed by atoms with Gasteiger partial charge in [0.05, 0.1) is 17.9 Å². The molecule has 160 valence electrons. The summed E-state index contributed by atoms with van der Waals surface area (Å²) in [6, 6.07) is 8.65. The fraction of sp³-hybridized carbons (Fsp3) is 0.263. The number of nitrogens with zero attached hydrogens (tertiary/aromatic N) is 1. The van der Waals surface area contributed by atoms with Crippen LogP contribution in [0, 0.1) is 13.8 Å². The summed E-state index contributed by atoms with van der Waals surface area (Å²) in [5.41, 5.74) is 3.81. The number of aryl methyl sites for hydroxylation is 2. The molecular weight excluding hydrogens is 415 g/mol. The Morgan fingerprint density at radius 3 is 2.60 bits per heavy atom. The summed E-state index contributed by atoms with van der Waals surface area (Å²) in [7, 11) is -4.76. The molecule has 4 N–H and O–H groups in total. The number of phosphoric acid groups is 1. The van der Waals surface area contributed by atoms with Crippen LogP contribution in [0.5, 0.6) is 0 Å². The minimum absolute atomic E-state index is 0.304. The van der Waals surface area contributed by atoms with Gasteiger partial charge in [0.15, 0.2) is 0 Å². The number of amides is 2. The van der Waals surface area contributed by atoms with Gasteiger partial charge in [-0.05, 0) is 37.6 Å². The van der Waals surface area contributed by atoms with E-state index in [1.54, 1.807) is 30.3 Å². The third-order valence-corrected chi connectivity index (χ3v) is 4.85. The summed E-state index contributed by atoms with van der Waals surface area (Å²) in [6.45, 7) is 2.44. The van der Waals surface area contributed by atoms with Crippen molar-refractivity contribution >= 4 is 37.2 Å². The summed E-state index contributed by atoms with van der Waals surface area (Å²) in [4.78, 5) is 46.8. The third kappa shape index (κ3) is 4.86. The third-order valence-electron chi connectivity index (χ3n) is 4.36. The Kier molecular flexibility index (Phi) is 6.25. The first kappa shape index (κ1) is 21.9. The molecule has 11 heteroatoms. The normalized spacial score (nSPS) is 16.1. The van der Waals surface area contributed by atoms with Gasteiger partial charge in [-0.15, -0.1) is 0 Å². The predicted molar refractivity (Wildman–Crippen MR) is 107 cm³/mol. The van der Waals surface area contributed by atoms with Crippen LogP contribution in [0.2, 0.25) is 0 Å². The second kappa shape index (κ2) is 8.55. The molecular formula is C19H21N2O8P. The second-order valence-corrected chi connectivity index (χ2v) is 8.02. The molecule has 0 radical (unpaired) electrons. The maximum absolute atomic E-state index is 13.0. The van der Waals surface area contributed by atoms with Gasteiger partial charge in [0.1, 0.15) is 12.7 Å². The van der Waals surface area contributed by atoms with Crippen molar-refractivity contribution in [1.82, 2.24) is 4.98 Å². The highest BCUT2D eigenvalue weighted by Crippen LogP contribution is 2.38. The van der Waals surface area contributed by atoms with Crippen molar-refractivity contribution in [3.8, 4) is 0 Å². The standard InChI is InChI=1S/C19H21N2O8P/c1-11-7-12(2)20-16(11)8-15-14-5-3-4-6-17(14)21(18(15)23)19(24)28-9-13(22)10-29-30(25,26)27/h3-8,13,20,22H,9-10H2,1-2H3,(H2,25,26,27).